The normalized spacial score (nSPS) is 11.2. The molecule has 1 rings (SSSR count). The lowest BCUT2D eigenvalue weighted by Gasteiger charge is -2.07. The molecular formula is C10H15N3O4S. The van der Waals surface area contributed by atoms with Crippen LogP contribution in [0.2, 0.25) is 0 Å². The van der Waals surface area contributed by atoms with Gasteiger partial charge >= 0.3 is 0 Å². The Morgan fingerprint density at radius 1 is 1.39 bits per heavy atom. The van der Waals surface area contributed by atoms with Crippen molar-refractivity contribution in [1.82, 2.24) is 4.72 Å². The van der Waals surface area contributed by atoms with Crippen LogP contribution < -0.4 is 10.0 Å². The zero-order valence-electron chi connectivity index (χ0n) is 10.1. The second kappa shape index (κ2) is 5.78. The van der Waals surface area contributed by atoms with E-state index in [0.717, 1.165) is 5.56 Å². The summed E-state index contributed by atoms with van der Waals surface area (Å²) in [6.07, 6.45) is 0. The molecule has 0 aliphatic carbocycles. The van der Waals surface area contributed by atoms with E-state index in [-0.39, 0.29) is 18.0 Å². The first-order valence-electron chi connectivity index (χ1n) is 5.26. The number of benzene rings is 1. The van der Waals surface area contributed by atoms with Crippen LogP contribution in [0.5, 0.6) is 0 Å². The van der Waals surface area contributed by atoms with Gasteiger partial charge in [0.15, 0.2) is 0 Å². The number of nitrogens with zero attached hydrogens (tertiary/aromatic N) is 1. The lowest BCUT2D eigenvalue weighted by atomic mass is 10.2. The highest BCUT2D eigenvalue weighted by atomic mass is 32.2. The topological polar surface area (TPSA) is 101 Å². The van der Waals surface area contributed by atoms with Gasteiger partial charge in [-0.1, -0.05) is 6.07 Å². The molecule has 1 aromatic carbocycles. The largest absolute Gasteiger partial charge is 0.378 e. The SMILES string of the molecule is CNS(=O)(=O)CCNc1ccc(C)cc1[N+](=O)[O-]. The summed E-state index contributed by atoms with van der Waals surface area (Å²) in [6, 6.07) is 4.73. The predicted octanol–water partition coefficient (Wildman–Crippen LogP) is 0.864. The van der Waals surface area contributed by atoms with Gasteiger partial charge in [0.2, 0.25) is 10.0 Å². The van der Waals surface area contributed by atoms with Crippen LogP contribution in [0.3, 0.4) is 0 Å². The van der Waals surface area contributed by atoms with Gasteiger partial charge in [0.25, 0.3) is 5.69 Å². The van der Waals surface area contributed by atoms with E-state index in [1.807, 2.05) is 0 Å². The Kier molecular flexibility index (Phi) is 4.62. The lowest BCUT2D eigenvalue weighted by molar-refractivity contribution is -0.384. The van der Waals surface area contributed by atoms with Crippen LogP contribution in [0, 0.1) is 17.0 Å². The minimum absolute atomic E-state index is 0.0585. The van der Waals surface area contributed by atoms with Crippen LogP contribution in [-0.2, 0) is 10.0 Å². The number of anilines is 1. The van der Waals surface area contributed by atoms with Crippen molar-refractivity contribution in [3.63, 3.8) is 0 Å². The third kappa shape index (κ3) is 3.97. The molecule has 18 heavy (non-hydrogen) atoms. The monoisotopic (exact) mass is 273 g/mol. The maximum Gasteiger partial charge on any atom is 0.292 e. The predicted molar refractivity (Wildman–Crippen MR) is 69.2 cm³/mol. The van der Waals surface area contributed by atoms with Crippen LogP contribution in [-0.4, -0.2) is 32.7 Å². The summed E-state index contributed by atoms with van der Waals surface area (Å²) in [6.45, 7) is 1.86. The molecule has 0 atom stereocenters. The van der Waals surface area contributed by atoms with Gasteiger partial charge < -0.3 is 5.32 Å². The van der Waals surface area contributed by atoms with Crippen molar-refractivity contribution < 1.29 is 13.3 Å². The van der Waals surface area contributed by atoms with Crippen molar-refractivity contribution in [1.29, 1.82) is 0 Å². The second-order valence-electron chi connectivity index (χ2n) is 3.73. The highest BCUT2D eigenvalue weighted by molar-refractivity contribution is 7.89. The van der Waals surface area contributed by atoms with E-state index in [2.05, 4.69) is 10.0 Å². The zero-order chi connectivity index (χ0) is 13.8. The quantitative estimate of drug-likeness (QED) is 0.591. The van der Waals surface area contributed by atoms with Gasteiger partial charge in [-0.15, -0.1) is 0 Å². The van der Waals surface area contributed by atoms with Crippen LogP contribution in [0.1, 0.15) is 5.56 Å². The molecule has 0 aromatic heterocycles. The average molecular weight is 273 g/mol. The van der Waals surface area contributed by atoms with E-state index in [1.165, 1.54) is 13.1 Å². The van der Waals surface area contributed by atoms with Crippen LogP contribution >= 0.6 is 0 Å². The Morgan fingerprint density at radius 2 is 2.06 bits per heavy atom. The van der Waals surface area contributed by atoms with Crippen molar-refractivity contribution in [2.45, 2.75) is 6.92 Å². The molecule has 0 heterocycles. The van der Waals surface area contributed by atoms with Crippen molar-refractivity contribution in [3.8, 4) is 0 Å². The fraction of sp³-hybridized carbons (Fsp3) is 0.400. The molecule has 0 aliphatic rings. The molecule has 0 aliphatic heterocycles. The van der Waals surface area contributed by atoms with E-state index >= 15 is 0 Å². The molecule has 2 N–H and O–H groups in total. The molecule has 0 unspecified atom stereocenters. The highest BCUT2D eigenvalue weighted by Gasteiger charge is 2.14. The molecule has 1 aromatic rings. The zero-order valence-corrected chi connectivity index (χ0v) is 11.0. The fourth-order valence-corrected chi connectivity index (χ4v) is 1.94. The molecule has 0 amide bonds. The molecule has 0 radical (unpaired) electrons. The number of aryl methyl sites for hydroxylation is 1. The van der Waals surface area contributed by atoms with E-state index in [4.69, 9.17) is 0 Å². The summed E-state index contributed by atoms with van der Waals surface area (Å²) in [5.41, 5.74) is 1.03. The molecular weight excluding hydrogens is 258 g/mol. The molecule has 7 nitrogen and oxygen atoms in total. The molecule has 0 saturated heterocycles. The Balaban J connectivity index is 2.77. The number of nitro groups is 1. The molecule has 8 heteroatoms. The van der Waals surface area contributed by atoms with Crippen molar-refractivity contribution in [2.75, 3.05) is 24.7 Å². The Hall–Kier alpha value is -1.67. The minimum Gasteiger partial charge on any atom is -0.378 e. The number of nitro benzene ring substituents is 1. The molecule has 0 bridgehead atoms. The Bertz CT molecular complexity index is 542. The number of rotatable bonds is 6. The van der Waals surface area contributed by atoms with E-state index < -0.39 is 14.9 Å². The first-order valence-corrected chi connectivity index (χ1v) is 6.91. The van der Waals surface area contributed by atoms with Gasteiger partial charge in [-0.05, 0) is 25.6 Å². The smallest absolute Gasteiger partial charge is 0.292 e. The van der Waals surface area contributed by atoms with Crippen molar-refractivity contribution >= 4 is 21.4 Å². The summed E-state index contributed by atoms with van der Waals surface area (Å²) in [7, 11) is -1.99. The fourth-order valence-electron chi connectivity index (χ4n) is 1.36. The maximum absolute atomic E-state index is 11.2. The van der Waals surface area contributed by atoms with Gasteiger partial charge in [0.1, 0.15) is 5.69 Å². The number of sulfonamides is 1. The van der Waals surface area contributed by atoms with Gasteiger partial charge in [-0.2, -0.15) is 0 Å². The van der Waals surface area contributed by atoms with Gasteiger partial charge in [0, 0.05) is 12.6 Å². The van der Waals surface area contributed by atoms with E-state index in [1.54, 1.807) is 19.1 Å². The molecule has 100 valence electrons. The number of hydrogen-bond acceptors (Lipinski definition) is 5. The highest BCUT2D eigenvalue weighted by Crippen LogP contribution is 2.24. The molecule has 0 saturated carbocycles. The number of hydrogen-bond donors (Lipinski definition) is 2. The van der Waals surface area contributed by atoms with E-state index in [9.17, 15) is 18.5 Å². The third-order valence-corrected chi connectivity index (χ3v) is 3.71. The van der Waals surface area contributed by atoms with Crippen molar-refractivity contribution in [3.05, 3.63) is 33.9 Å². The molecule has 0 fully saturated rings. The number of nitrogens with one attached hydrogen (secondary N) is 2. The Labute approximate surface area is 105 Å². The van der Waals surface area contributed by atoms with Gasteiger partial charge in [-0.25, -0.2) is 13.1 Å². The first kappa shape index (κ1) is 14.4. The maximum atomic E-state index is 11.2. The summed E-state index contributed by atoms with van der Waals surface area (Å²) < 4.78 is 24.5. The lowest BCUT2D eigenvalue weighted by Crippen LogP contribution is -2.26. The second-order valence-corrected chi connectivity index (χ2v) is 5.77. The minimum atomic E-state index is -3.31. The summed E-state index contributed by atoms with van der Waals surface area (Å²) >= 11 is 0. The van der Waals surface area contributed by atoms with Gasteiger partial charge in [-0.3, -0.25) is 10.1 Å². The van der Waals surface area contributed by atoms with Gasteiger partial charge in [0.05, 0.1) is 10.7 Å². The van der Waals surface area contributed by atoms with Crippen LogP contribution in [0.4, 0.5) is 11.4 Å². The third-order valence-electron chi connectivity index (χ3n) is 2.35. The van der Waals surface area contributed by atoms with E-state index in [0.29, 0.717) is 5.69 Å². The Morgan fingerprint density at radius 3 is 2.61 bits per heavy atom. The standard InChI is InChI=1S/C10H15N3O4S/c1-8-3-4-9(10(7-8)13(14)15)12-5-6-18(16,17)11-2/h3-4,7,11-12H,5-6H2,1-2H3. The summed E-state index contributed by atoms with van der Waals surface area (Å²) in [5, 5.41) is 13.6. The summed E-state index contributed by atoms with van der Waals surface area (Å²) in [5.74, 6) is -0.144. The van der Waals surface area contributed by atoms with Crippen LogP contribution in [0.15, 0.2) is 18.2 Å². The van der Waals surface area contributed by atoms with Crippen LogP contribution in [0.25, 0.3) is 0 Å². The molecule has 0 spiro atoms. The average Bonchev–Trinajstić information content (AvgIpc) is 2.30. The summed E-state index contributed by atoms with van der Waals surface area (Å²) in [4.78, 5) is 10.3. The van der Waals surface area contributed by atoms with Crippen molar-refractivity contribution in [2.24, 2.45) is 0 Å². The first-order chi connectivity index (χ1) is 8.35.